The molecule has 11 heavy (non-hydrogen) atoms. The molecule has 4 nitrogen and oxygen atoms in total. The number of aromatic nitrogens is 3. The molecule has 0 fully saturated rings. The molecule has 60 valence electrons. The summed E-state index contributed by atoms with van der Waals surface area (Å²) in [5, 5.41) is 7.25. The third-order valence-corrected chi connectivity index (χ3v) is 1.47. The fraction of sp³-hybridized carbons (Fsp3) is 0.500. The molecule has 0 atom stereocenters. The molecule has 1 rings (SSSR count). The summed E-state index contributed by atoms with van der Waals surface area (Å²) in [6.45, 7) is 4.24. The van der Waals surface area contributed by atoms with Gasteiger partial charge in [-0.1, -0.05) is 0 Å². The Labute approximate surface area is 69.2 Å². The first kappa shape index (κ1) is 8.20. The van der Waals surface area contributed by atoms with Crippen LogP contribution in [0.15, 0.2) is 0 Å². The van der Waals surface area contributed by atoms with E-state index in [9.17, 15) is 4.79 Å². The summed E-state index contributed by atoms with van der Waals surface area (Å²) < 4.78 is 0. The molecule has 0 N–H and O–H groups in total. The van der Waals surface area contributed by atoms with Gasteiger partial charge in [0.1, 0.15) is 0 Å². The summed E-state index contributed by atoms with van der Waals surface area (Å²) in [4.78, 5) is 12.1. The average molecular weight is 174 g/mol. The Morgan fingerprint density at radius 1 is 1.64 bits per heavy atom. The number of rotatable bonds is 2. The van der Waals surface area contributed by atoms with Gasteiger partial charge < -0.3 is 0 Å². The van der Waals surface area contributed by atoms with Crippen molar-refractivity contribution in [3.8, 4) is 0 Å². The van der Waals surface area contributed by atoms with Gasteiger partial charge in [-0.3, -0.25) is 4.79 Å². The topological polar surface area (TPSA) is 47.8 Å². The lowest BCUT2D eigenvalue weighted by Crippen LogP contribution is -1.99. The Morgan fingerprint density at radius 3 is 2.55 bits per heavy atom. The summed E-state index contributed by atoms with van der Waals surface area (Å²) in [6.07, 6.45) is 0. The maximum atomic E-state index is 10.6. The number of halogens is 1. The largest absolute Gasteiger partial charge is 0.274 e. The molecule has 0 radical (unpaired) electrons. The van der Waals surface area contributed by atoms with Gasteiger partial charge in [-0.2, -0.15) is 9.90 Å². The predicted molar refractivity (Wildman–Crippen MR) is 40.6 cm³/mol. The van der Waals surface area contributed by atoms with E-state index >= 15 is 0 Å². The zero-order chi connectivity index (χ0) is 8.43. The third kappa shape index (κ3) is 1.57. The van der Waals surface area contributed by atoms with Gasteiger partial charge in [0, 0.05) is 0 Å². The summed E-state index contributed by atoms with van der Waals surface area (Å²) in [5.74, 6) is 0. The van der Waals surface area contributed by atoms with Crippen molar-refractivity contribution in [2.45, 2.75) is 20.4 Å². The van der Waals surface area contributed by atoms with Crippen LogP contribution < -0.4 is 0 Å². The molecule has 5 heteroatoms. The number of hydrogen-bond donors (Lipinski definition) is 0. The Kier molecular flexibility index (Phi) is 2.24. The van der Waals surface area contributed by atoms with Crippen LogP contribution in [0.1, 0.15) is 23.1 Å². The molecular formula is C6H8ClN3O. The number of hydrogen-bond acceptors (Lipinski definition) is 3. The van der Waals surface area contributed by atoms with Gasteiger partial charge in [0.15, 0.2) is 5.69 Å². The van der Waals surface area contributed by atoms with Crippen LogP contribution in [0.3, 0.4) is 0 Å². The van der Waals surface area contributed by atoms with Crippen molar-refractivity contribution in [2.75, 3.05) is 0 Å². The van der Waals surface area contributed by atoms with Crippen LogP contribution >= 0.6 is 11.6 Å². The van der Waals surface area contributed by atoms with Crippen molar-refractivity contribution in [1.29, 1.82) is 0 Å². The maximum absolute atomic E-state index is 10.6. The minimum Gasteiger partial charge on any atom is -0.274 e. The lowest BCUT2D eigenvalue weighted by atomic mass is 10.4. The highest BCUT2D eigenvalue weighted by Gasteiger charge is 2.11. The molecule has 0 aliphatic heterocycles. The minimum atomic E-state index is -0.554. The van der Waals surface area contributed by atoms with Crippen molar-refractivity contribution in [3.63, 3.8) is 0 Å². The molecule has 0 saturated carbocycles. The molecule has 0 bridgehead atoms. The van der Waals surface area contributed by atoms with Crippen LogP contribution in [0.4, 0.5) is 0 Å². The molecule has 1 heterocycles. The lowest BCUT2D eigenvalue weighted by Gasteiger charge is -1.87. The molecule has 0 aromatic carbocycles. The first-order valence-electron chi connectivity index (χ1n) is 3.26. The SMILES string of the molecule is CCn1nc(C)c(C(=O)Cl)n1. The van der Waals surface area contributed by atoms with Gasteiger partial charge >= 0.3 is 0 Å². The van der Waals surface area contributed by atoms with Gasteiger partial charge in [0.25, 0.3) is 5.24 Å². The summed E-state index contributed by atoms with van der Waals surface area (Å²) in [5.41, 5.74) is 0.820. The standard InChI is InChI=1S/C6H8ClN3O/c1-3-10-8-4(2)5(9-10)6(7)11/h3H2,1-2H3. The zero-order valence-corrected chi connectivity index (χ0v) is 7.09. The van der Waals surface area contributed by atoms with E-state index in [1.165, 1.54) is 4.80 Å². The van der Waals surface area contributed by atoms with Crippen molar-refractivity contribution in [3.05, 3.63) is 11.4 Å². The van der Waals surface area contributed by atoms with Gasteiger partial charge in [-0.05, 0) is 25.4 Å². The van der Waals surface area contributed by atoms with E-state index in [0.717, 1.165) is 0 Å². The Bertz CT molecular complexity index is 281. The Hall–Kier alpha value is -0.900. The van der Waals surface area contributed by atoms with Crippen LogP contribution in [0, 0.1) is 6.92 Å². The smallest absolute Gasteiger partial charge is 0.274 e. The van der Waals surface area contributed by atoms with E-state index in [1.807, 2.05) is 6.92 Å². The fourth-order valence-electron chi connectivity index (χ4n) is 0.754. The van der Waals surface area contributed by atoms with E-state index in [-0.39, 0.29) is 5.69 Å². The summed E-state index contributed by atoms with van der Waals surface area (Å²) in [6, 6.07) is 0. The van der Waals surface area contributed by atoms with Gasteiger partial charge in [0.2, 0.25) is 0 Å². The molecule has 0 spiro atoms. The van der Waals surface area contributed by atoms with Gasteiger partial charge in [-0.15, -0.1) is 5.10 Å². The highest BCUT2D eigenvalue weighted by Crippen LogP contribution is 2.03. The maximum Gasteiger partial charge on any atom is 0.274 e. The van der Waals surface area contributed by atoms with E-state index in [1.54, 1.807) is 6.92 Å². The van der Waals surface area contributed by atoms with Crippen LogP contribution in [0.25, 0.3) is 0 Å². The van der Waals surface area contributed by atoms with E-state index in [4.69, 9.17) is 11.6 Å². The van der Waals surface area contributed by atoms with Crippen LogP contribution in [0.5, 0.6) is 0 Å². The van der Waals surface area contributed by atoms with E-state index < -0.39 is 5.24 Å². The highest BCUT2D eigenvalue weighted by molar-refractivity contribution is 6.67. The Morgan fingerprint density at radius 2 is 2.27 bits per heavy atom. The monoisotopic (exact) mass is 173 g/mol. The summed E-state index contributed by atoms with van der Waals surface area (Å²) in [7, 11) is 0. The fourth-order valence-corrected chi connectivity index (χ4v) is 0.928. The molecule has 0 unspecified atom stereocenters. The molecule has 1 aromatic heterocycles. The Balaban J connectivity index is 3.07. The predicted octanol–water partition coefficient (Wildman–Crippen LogP) is 0.985. The van der Waals surface area contributed by atoms with Crippen molar-refractivity contribution < 1.29 is 4.79 Å². The number of aryl methyl sites for hydroxylation is 2. The van der Waals surface area contributed by atoms with Gasteiger partial charge in [-0.25, -0.2) is 0 Å². The molecule has 0 amide bonds. The van der Waals surface area contributed by atoms with E-state index in [0.29, 0.717) is 12.2 Å². The number of carbonyl (C=O) groups is 1. The molecular weight excluding hydrogens is 166 g/mol. The molecule has 0 saturated heterocycles. The van der Waals surface area contributed by atoms with Crippen LogP contribution in [0.2, 0.25) is 0 Å². The minimum absolute atomic E-state index is 0.244. The second kappa shape index (κ2) is 3.00. The highest BCUT2D eigenvalue weighted by atomic mass is 35.5. The quantitative estimate of drug-likeness (QED) is 0.627. The average Bonchev–Trinajstić information content (AvgIpc) is 2.30. The zero-order valence-electron chi connectivity index (χ0n) is 6.33. The van der Waals surface area contributed by atoms with Crippen molar-refractivity contribution in [2.24, 2.45) is 0 Å². The lowest BCUT2D eigenvalue weighted by molar-refractivity contribution is 0.107. The van der Waals surface area contributed by atoms with Crippen molar-refractivity contribution >= 4 is 16.8 Å². The second-order valence-corrected chi connectivity index (χ2v) is 2.44. The van der Waals surface area contributed by atoms with Crippen LogP contribution in [-0.4, -0.2) is 20.2 Å². The molecule has 1 aromatic rings. The van der Waals surface area contributed by atoms with Crippen LogP contribution in [-0.2, 0) is 6.54 Å². The van der Waals surface area contributed by atoms with E-state index in [2.05, 4.69) is 10.2 Å². The first-order chi connectivity index (χ1) is 5.15. The molecule has 0 aliphatic rings. The van der Waals surface area contributed by atoms with Gasteiger partial charge in [0.05, 0.1) is 12.2 Å². The third-order valence-electron chi connectivity index (χ3n) is 1.29. The number of carbonyl (C=O) groups excluding carboxylic acids is 1. The molecule has 0 aliphatic carbocycles. The second-order valence-electron chi connectivity index (χ2n) is 2.10. The number of nitrogens with zero attached hydrogens (tertiary/aromatic N) is 3. The first-order valence-corrected chi connectivity index (χ1v) is 3.64. The van der Waals surface area contributed by atoms with Crippen molar-refractivity contribution in [1.82, 2.24) is 15.0 Å². The normalized spacial score (nSPS) is 10.1. The summed E-state index contributed by atoms with van der Waals surface area (Å²) >= 11 is 5.22.